The van der Waals surface area contributed by atoms with Crippen molar-refractivity contribution in [2.75, 3.05) is 10.6 Å². The van der Waals surface area contributed by atoms with Crippen molar-refractivity contribution in [1.82, 2.24) is 5.32 Å². The number of carbonyl (C=O) groups is 1. The molecule has 0 saturated heterocycles. The zero-order valence-electron chi connectivity index (χ0n) is 11.9. The molecule has 1 aromatic carbocycles. The van der Waals surface area contributed by atoms with Crippen LogP contribution in [0.4, 0.5) is 5.69 Å². The molecule has 0 aliphatic heterocycles. The van der Waals surface area contributed by atoms with Crippen LogP contribution in [-0.4, -0.2) is 32.7 Å². The maximum Gasteiger partial charge on any atom is 0.243 e. The van der Waals surface area contributed by atoms with Crippen LogP contribution < -0.4 is 9.62 Å². The van der Waals surface area contributed by atoms with Gasteiger partial charge < -0.3 is 5.32 Å². The molecule has 1 atom stereocenters. The van der Waals surface area contributed by atoms with E-state index in [0.717, 1.165) is 10.6 Å². The maximum atomic E-state index is 12.0. The first-order valence-electron chi connectivity index (χ1n) is 6.18. The second-order valence-electron chi connectivity index (χ2n) is 4.87. The number of halogens is 1. The summed E-state index contributed by atoms with van der Waals surface area (Å²) in [5, 5.41) is 3.21. The molecule has 0 unspecified atom stereocenters. The van der Waals surface area contributed by atoms with E-state index in [9.17, 15) is 13.2 Å². The van der Waals surface area contributed by atoms with Gasteiger partial charge in [0.05, 0.1) is 11.9 Å². The van der Waals surface area contributed by atoms with Crippen LogP contribution in [0.15, 0.2) is 24.3 Å². The lowest BCUT2D eigenvalue weighted by Crippen LogP contribution is -2.49. The summed E-state index contributed by atoms with van der Waals surface area (Å²) in [6.07, 6.45) is 1.07. The molecule has 0 bridgehead atoms. The standard InChI is InChI=1S/C13H19ClN2O3S/c1-9(2)15-13(17)10(3)16(20(4,18)19)12-7-5-11(14)6-8-12/h5-10H,1-4H3,(H,15,17)/t10-/m1/s1. The zero-order valence-corrected chi connectivity index (χ0v) is 13.5. The van der Waals surface area contributed by atoms with Crippen LogP contribution in [0.3, 0.4) is 0 Å². The van der Waals surface area contributed by atoms with E-state index in [0.29, 0.717) is 10.7 Å². The number of hydrogen-bond acceptors (Lipinski definition) is 3. The molecule has 20 heavy (non-hydrogen) atoms. The van der Waals surface area contributed by atoms with Gasteiger partial charge >= 0.3 is 0 Å². The molecular weight excluding hydrogens is 300 g/mol. The lowest BCUT2D eigenvalue weighted by molar-refractivity contribution is -0.122. The molecule has 0 spiro atoms. The Morgan fingerprint density at radius 1 is 1.20 bits per heavy atom. The van der Waals surface area contributed by atoms with Gasteiger partial charge in [0, 0.05) is 11.1 Å². The van der Waals surface area contributed by atoms with Gasteiger partial charge in [0.15, 0.2) is 0 Å². The fourth-order valence-corrected chi connectivity index (χ4v) is 3.10. The van der Waals surface area contributed by atoms with Gasteiger partial charge in [-0.05, 0) is 45.0 Å². The second kappa shape index (κ2) is 6.45. The molecule has 1 N–H and O–H groups in total. The largest absolute Gasteiger partial charge is 0.352 e. The number of nitrogens with zero attached hydrogens (tertiary/aromatic N) is 1. The van der Waals surface area contributed by atoms with Crippen molar-refractivity contribution < 1.29 is 13.2 Å². The minimum atomic E-state index is -3.58. The predicted octanol–water partition coefficient (Wildman–Crippen LogP) is 2.02. The van der Waals surface area contributed by atoms with Crippen LogP contribution in [0, 0.1) is 0 Å². The van der Waals surface area contributed by atoms with E-state index in [1.807, 2.05) is 13.8 Å². The Morgan fingerprint density at radius 3 is 2.10 bits per heavy atom. The summed E-state index contributed by atoms with van der Waals surface area (Å²) in [5.41, 5.74) is 0.406. The van der Waals surface area contributed by atoms with E-state index >= 15 is 0 Å². The third-order valence-electron chi connectivity index (χ3n) is 2.60. The topological polar surface area (TPSA) is 66.5 Å². The fourth-order valence-electron chi connectivity index (χ4n) is 1.80. The molecule has 7 heteroatoms. The van der Waals surface area contributed by atoms with Crippen LogP contribution in [0.5, 0.6) is 0 Å². The Bertz CT molecular complexity index is 570. The number of hydrogen-bond donors (Lipinski definition) is 1. The van der Waals surface area contributed by atoms with Gasteiger partial charge in [-0.25, -0.2) is 8.42 Å². The third-order valence-corrected chi connectivity index (χ3v) is 4.09. The lowest BCUT2D eigenvalue weighted by atomic mass is 10.2. The number of anilines is 1. The van der Waals surface area contributed by atoms with Gasteiger partial charge in [-0.3, -0.25) is 9.10 Å². The van der Waals surface area contributed by atoms with Crippen molar-refractivity contribution >= 4 is 33.2 Å². The van der Waals surface area contributed by atoms with E-state index in [1.165, 1.54) is 0 Å². The van der Waals surface area contributed by atoms with Crippen LogP contribution in [0.25, 0.3) is 0 Å². The number of carbonyl (C=O) groups excluding carboxylic acids is 1. The molecule has 0 heterocycles. The first-order chi connectivity index (χ1) is 9.12. The van der Waals surface area contributed by atoms with Crippen molar-refractivity contribution in [1.29, 1.82) is 0 Å². The smallest absolute Gasteiger partial charge is 0.243 e. The summed E-state index contributed by atoms with van der Waals surface area (Å²) in [7, 11) is -3.58. The van der Waals surface area contributed by atoms with Crippen LogP contribution >= 0.6 is 11.6 Å². The zero-order chi connectivity index (χ0) is 15.5. The molecule has 0 aliphatic carbocycles. The normalized spacial score (nSPS) is 13.1. The fraction of sp³-hybridized carbons (Fsp3) is 0.462. The molecule has 5 nitrogen and oxygen atoms in total. The van der Waals surface area contributed by atoms with Gasteiger partial charge in [0.1, 0.15) is 6.04 Å². The van der Waals surface area contributed by atoms with Crippen LogP contribution in [0.2, 0.25) is 5.02 Å². The summed E-state index contributed by atoms with van der Waals surface area (Å²) in [6.45, 7) is 5.18. The monoisotopic (exact) mass is 318 g/mol. The highest BCUT2D eigenvalue weighted by atomic mass is 35.5. The highest BCUT2D eigenvalue weighted by Crippen LogP contribution is 2.22. The third kappa shape index (κ3) is 4.38. The summed E-state index contributed by atoms with van der Waals surface area (Å²) in [4.78, 5) is 12.0. The van der Waals surface area contributed by atoms with E-state index in [4.69, 9.17) is 11.6 Å². The molecule has 0 aliphatic rings. The Labute approximate surface area is 125 Å². The van der Waals surface area contributed by atoms with Crippen molar-refractivity contribution in [2.24, 2.45) is 0 Å². The molecular formula is C13H19ClN2O3S. The quantitative estimate of drug-likeness (QED) is 0.903. The molecule has 112 valence electrons. The summed E-state index contributed by atoms with van der Waals surface area (Å²) >= 11 is 5.79. The van der Waals surface area contributed by atoms with Crippen molar-refractivity contribution in [3.8, 4) is 0 Å². The average molecular weight is 319 g/mol. The number of nitrogens with one attached hydrogen (secondary N) is 1. The lowest BCUT2D eigenvalue weighted by Gasteiger charge is -2.28. The molecule has 0 fully saturated rings. The Hall–Kier alpha value is -1.27. The van der Waals surface area contributed by atoms with E-state index in [1.54, 1.807) is 31.2 Å². The molecule has 1 aromatic rings. The summed E-state index contributed by atoms with van der Waals surface area (Å²) in [5.74, 6) is -0.347. The molecule has 0 saturated carbocycles. The van der Waals surface area contributed by atoms with E-state index in [-0.39, 0.29) is 11.9 Å². The van der Waals surface area contributed by atoms with Gasteiger partial charge in [-0.1, -0.05) is 11.6 Å². The Kier molecular flexibility index (Phi) is 5.42. The van der Waals surface area contributed by atoms with Crippen LogP contribution in [-0.2, 0) is 14.8 Å². The summed E-state index contributed by atoms with van der Waals surface area (Å²) < 4.78 is 25.0. The summed E-state index contributed by atoms with van der Waals surface area (Å²) in [6, 6.07) is 5.42. The van der Waals surface area contributed by atoms with Gasteiger partial charge in [-0.15, -0.1) is 0 Å². The second-order valence-corrected chi connectivity index (χ2v) is 7.17. The highest BCUT2D eigenvalue weighted by molar-refractivity contribution is 7.92. The van der Waals surface area contributed by atoms with Gasteiger partial charge in [-0.2, -0.15) is 0 Å². The minimum Gasteiger partial charge on any atom is -0.352 e. The Morgan fingerprint density at radius 2 is 1.70 bits per heavy atom. The van der Waals surface area contributed by atoms with Crippen molar-refractivity contribution in [3.63, 3.8) is 0 Å². The first kappa shape index (κ1) is 16.8. The number of rotatable bonds is 5. The number of amides is 1. The molecule has 1 amide bonds. The van der Waals surface area contributed by atoms with Crippen molar-refractivity contribution in [3.05, 3.63) is 29.3 Å². The van der Waals surface area contributed by atoms with Gasteiger partial charge in [0.25, 0.3) is 0 Å². The van der Waals surface area contributed by atoms with E-state index < -0.39 is 16.1 Å². The molecule has 0 aromatic heterocycles. The van der Waals surface area contributed by atoms with E-state index in [2.05, 4.69) is 5.32 Å². The number of sulfonamides is 1. The first-order valence-corrected chi connectivity index (χ1v) is 8.41. The SMILES string of the molecule is CC(C)NC(=O)[C@@H](C)N(c1ccc(Cl)cc1)S(C)(=O)=O. The number of benzene rings is 1. The molecule has 0 radical (unpaired) electrons. The Balaban J connectivity index is 3.14. The minimum absolute atomic E-state index is 0.0587. The van der Waals surface area contributed by atoms with Gasteiger partial charge in [0.2, 0.25) is 15.9 Å². The van der Waals surface area contributed by atoms with Crippen molar-refractivity contribution in [2.45, 2.75) is 32.9 Å². The van der Waals surface area contributed by atoms with Crippen LogP contribution in [0.1, 0.15) is 20.8 Å². The average Bonchev–Trinajstić information content (AvgIpc) is 2.29. The maximum absolute atomic E-state index is 12.0. The highest BCUT2D eigenvalue weighted by Gasteiger charge is 2.29. The predicted molar refractivity (Wildman–Crippen MR) is 81.5 cm³/mol. The molecule has 1 rings (SSSR count).